The molecule has 0 spiro atoms. The molecule has 0 N–H and O–H groups in total. The van der Waals surface area contributed by atoms with E-state index in [-0.39, 0.29) is 0 Å². The molecule has 1 saturated heterocycles. The molecule has 0 saturated carbocycles. The molecule has 1 aliphatic rings. The van der Waals surface area contributed by atoms with Crippen LogP contribution in [-0.4, -0.2) is 27.8 Å². The molecule has 2 rings (SSSR count). The van der Waals surface area contributed by atoms with Gasteiger partial charge in [0.1, 0.15) is 0 Å². The first-order valence-corrected chi connectivity index (χ1v) is 6.27. The number of aromatic nitrogens is 2. The average molecular weight is 272 g/mol. The third kappa shape index (κ3) is 2.26. The second-order valence-corrected chi connectivity index (χ2v) is 5.39. The average Bonchev–Trinajstić information content (AvgIpc) is 2.67. The Morgan fingerprint density at radius 3 is 2.73 bits per heavy atom. The van der Waals surface area contributed by atoms with Gasteiger partial charge < -0.3 is 0 Å². The molecule has 0 radical (unpaired) electrons. The summed E-state index contributed by atoms with van der Waals surface area (Å²) in [6, 6.07) is 0. The van der Waals surface area contributed by atoms with Crippen LogP contribution >= 0.6 is 15.9 Å². The van der Waals surface area contributed by atoms with E-state index in [4.69, 9.17) is 0 Å². The molecule has 1 atom stereocenters. The largest absolute Gasteiger partial charge is 0.297 e. The van der Waals surface area contributed by atoms with Crippen LogP contribution in [0.5, 0.6) is 0 Å². The lowest BCUT2D eigenvalue weighted by Gasteiger charge is -2.15. The Kier molecular flexibility index (Phi) is 3.16. The van der Waals surface area contributed by atoms with Gasteiger partial charge >= 0.3 is 0 Å². The fourth-order valence-electron chi connectivity index (χ4n) is 2.23. The molecule has 1 aliphatic heterocycles. The Balaban J connectivity index is 2.10. The maximum absolute atomic E-state index is 4.41. The zero-order valence-corrected chi connectivity index (χ0v) is 11.2. The molecule has 4 heteroatoms. The second kappa shape index (κ2) is 4.26. The van der Waals surface area contributed by atoms with Crippen LogP contribution in [0.2, 0.25) is 0 Å². The van der Waals surface area contributed by atoms with E-state index < -0.39 is 0 Å². The number of nitrogens with zero attached hydrogens (tertiary/aromatic N) is 3. The maximum Gasteiger partial charge on any atom is 0.0739 e. The van der Waals surface area contributed by atoms with Crippen LogP contribution in [0.1, 0.15) is 24.7 Å². The molecule has 0 amide bonds. The number of rotatable bonds is 2. The smallest absolute Gasteiger partial charge is 0.0739 e. The topological polar surface area (TPSA) is 21.1 Å². The third-order valence-electron chi connectivity index (χ3n) is 3.14. The van der Waals surface area contributed by atoms with Gasteiger partial charge in [-0.1, -0.05) is 6.92 Å². The van der Waals surface area contributed by atoms with Crippen molar-refractivity contribution in [3.05, 3.63) is 15.9 Å². The van der Waals surface area contributed by atoms with Gasteiger partial charge in [-0.25, -0.2) is 0 Å². The fourth-order valence-corrected chi connectivity index (χ4v) is 2.69. The predicted molar refractivity (Wildman–Crippen MR) is 64.7 cm³/mol. The first kappa shape index (κ1) is 11.1. The maximum atomic E-state index is 4.41. The van der Waals surface area contributed by atoms with Gasteiger partial charge in [-0.05, 0) is 41.7 Å². The van der Waals surface area contributed by atoms with Crippen molar-refractivity contribution in [3.8, 4) is 0 Å². The van der Waals surface area contributed by atoms with Gasteiger partial charge in [0.05, 0.1) is 15.9 Å². The van der Waals surface area contributed by atoms with Crippen molar-refractivity contribution < 1.29 is 0 Å². The zero-order valence-electron chi connectivity index (χ0n) is 9.63. The van der Waals surface area contributed by atoms with Gasteiger partial charge in [0.15, 0.2) is 0 Å². The van der Waals surface area contributed by atoms with Crippen LogP contribution in [0, 0.1) is 12.8 Å². The summed E-state index contributed by atoms with van der Waals surface area (Å²) in [4.78, 5) is 2.51. The van der Waals surface area contributed by atoms with Crippen molar-refractivity contribution in [2.75, 3.05) is 13.1 Å². The fraction of sp³-hybridized carbons (Fsp3) is 0.727. The molecular weight excluding hydrogens is 254 g/mol. The van der Waals surface area contributed by atoms with E-state index >= 15 is 0 Å². The zero-order chi connectivity index (χ0) is 11.0. The Bertz CT molecular complexity index is 359. The first-order chi connectivity index (χ1) is 7.08. The SMILES string of the molecule is Cc1nn(C)c(CN2CCC(C)C2)c1Br. The van der Waals surface area contributed by atoms with Gasteiger partial charge in [0.25, 0.3) is 0 Å². The van der Waals surface area contributed by atoms with Gasteiger partial charge in [0, 0.05) is 20.1 Å². The molecule has 15 heavy (non-hydrogen) atoms. The summed E-state index contributed by atoms with van der Waals surface area (Å²) in [5.74, 6) is 0.845. The van der Waals surface area contributed by atoms with E-state index in [1.165, 1.54) is 29.7 Å². The molecule has 1 aromatic rings. The summed E-state index contributed by atoms with van der Waals surface area (Å²) in [6.45, 7) is 7.82. The summed E-state index contributed by atoms with van der Waals surface area (Å²) in [5, 5.41) is 4.41. The number of aryl methyl sites for hydroxylation is 2. The van der Waals surface area contributed by atoms with Crippen LogP contribution < -0.4 is 0 Å². The highest BCUT2D eigenvalue weighted by Crippen LogP contribution is 2.24. The molecule has 1 fully saturated rings. The highest BCUT2D eigenvalue weighted by atomic mass is 79.9. The number of halogens is 1. The minimum atomic E-state index is 0.845. The van der Waals surface area contributed by atoms with E-state index in [2.05, 4.69) is 32.9 Å². The predicted octanol–water partition coefficient (Wildman–Crippen LogP) is 2.33. The van der Waals surface area contributed by atoms with Crippen molar-refractivity contribution in [2.45, 2.75) is 26.8 Å². The number of hydrogen-bond acceptors (Lipinski definition) is 2. The molecular formula is C11H18BrN3. The minimum Gasteiger partial charge on any atom is -0.297 e. The van der Waals surface area contributed by atoms with Crippen LogP contribution in [0.3, 0.4) is 0 Å². The van der Waals surface area contributed by atoms with Crippen LogP contribution in [0.15, 0.2) is 4.47 Å². The van der Waals surface area contributed by atoms with Gasteiger partial charge in [0.2, 0.25) is 0 Å². The molecule has 1 unspecified atom stereocenters. The summed E-state index contributed by atoms with van der Waals surface area (Å²) in [7, 11) is 2.02. The highest BCUT2D eigenvalue weighted by Gasteiger charge is 2.21. The lowest BCUT2D eigenvalue weighted by molar-refractivity contribution is 0.310. The number of hydrogen-bond donors (Lipinski definition) is 0. The van der Waals surface area contributed by atoms with Gasteiger partial charge in [-0.3, -0.25) is 9.58 Å². The van der Waals surface area contributed by atoms with E-state index in [0.717, 1.165) is 18.2 Å². The molecule has 84 valence electrons. The first-order valence-electron chi connectivity index (χ1n) is 5.48. The molecule has 3 nitrogen and oxygen atoms in total. The summed E-state index contributed by atoms with van der Waals surface area (Å²) >= 11 is 3.61. The lowest BCUT2D eigenvalue weighted by atomic mass is 10.2. The van der Waals surface area contributed by atoms with Gasteiger partial charge in [-0.15, -0.1) is 0 Å². The summed E-state index contributed by atoms with van der Waals surface area (Å²) in [5.41, 5.74) is 2.38. The van der Waals surface area contributed by atoms with E-state index in [1.54, 1.807) is 0 Å². The Labute approximate surface area is 99.6 Å². The van der Waals surface area contributed by atoms with Crippen molar-refractivity contribution in [1.29, 1.82) is 0 Å². The molecule has 2 heterocycles. The second-order valence-electron chi connectivity index (χ2n) is 4.60. The molecule has 0 bridgehead atoms. The van der Waals surface area contributed by atoms with Crippen LogP contribution in [0.4, 0.5) is 0 Å². The summed E-state index contributed by atoms with van der Waals surface area (Å²) < 4.78 is 3.16. The molecule has 1 aromatic heterocycles. The van der Waals surface area contributed by atoms with Crippen molar-refractivity contribution in [2.24, 2.45) is 13.0 Å². The molecule has 0 aliphatic carbocycles. The quantitative estimate of drug-likeness (QED) is 0.824. The summed E-state index contributed by atoms with van der Waals surface area (Å²) in [6.07, 6.45) is 1.33. The molecule has 0 aromatic carbocycles. The third-order valence-corrected chi connectivity index (χ3v) is 4.17. The van der Waals surface area contributed by atoms with Crippen molar-refractivity contribution in [3.63, 3.8) is 0 Å². The minimum absolute atomic E-state index is 0.845. The van der Waals surface area contributed by atoms with Crippen LogP contribution in [-0.2, 0) is 13.6 Å². The normalized spacial score (nSPS) is 22.5. The Morgan fingerprint density at radius 2 is 2.27 bits per heavy atom. The van der Waals surface area contributed by atoms with E-state index in [0.29, 0.717) is 0 Å². The van der Waals surface area contributed by atoms with Gasteiger partial charge in [-0.2, -0.15) is 5.10 Å². The Morgan fingerprint density at radius 1 is 1.53 bits per heavy atom. The van der Waals surface area contributed by atoms with E-state index in [1.807, 2.05) is 18.7 Å². The van der Waals surface area contributed by atoms with Crippen molar-refractivity contribution in [1.82, 2.24) is 14.7 Å². The highest BCUT2D eigenvalue weighted by molar-refractivity contribution is 9.10. The standard InChI is InChI=1S/C11H18BrN3/c1-8-4-5-15(6-8)7-10-11(12)9(2)13-14(10)3/h8H,4-7H2,1-3H3. The monoisotopic (exact) mass is 271 g/mol. The lowest BCUT2D eigenvalue weighted by Crippen LogP contribution is -2.21. The number of likely N-dealkylation sites (tertiary alicyclic amines) is 1. The van der Waals surface area contributed by atoms with Crippen molar-refractivity contribution >= 4 is 15.9 Å². The van der Waals surface area contributed by atoms with Crippen LogP contribution in [0.25, 0.3) is 0 Å². The Hall–Kier alpha value is -0.350. The van der Waals surface area contributed by atoms with E-state index in [9.17, 15) is 0 Å².